The van der Waals surface area contributed by atoms with Gasteiger partial charge in [-0.15, -0.1) is 21.2 Å². The summed E-state index contributed by atoms with van der Waals surface area (Å²) in [5.74, 6) is -1.50. The van der Waals surface area contributed by atoms with Gasteiger partial charge in [-0.05, 0) is 29.8 Å². The molecule has 0 amide bonds. The van der Waals surface area contributed by atoms with E-state index in [9.17, 15) is 18.4 Å². The summed E-state index contributed by atoms with van der Waals surface area (Å²) in [7, 11) is 0. The van der Waals surface area contributed by atoms with E-state index >= 15 is 0 Å². The van der Waals surface area contributed by atoms with Crippen LogP contribution in [0.5, 0.6) is 11.5 Å². The van der Waals surface area contributed by atoms with Gasteiger partial charge >= 0.3 is 12.3 Å². The molecule has 1 aliphatic heterocycles. The van der Waals surface area contributed by atoms with Gasteiger partial charge in [0.25, 0.3) is 5.56 Å². The van der Waals surface area contributed by atoms with E-state index in [1.165, 1.54) is 12.1 Å². The number of para-hydroxylation sites is 1. The average Bonchev–Trinajstić information content (AvgIpc) is 2.95. The fourth-order valence-electron chi connectivity index (χ4n) is 2.31. The van der Waals surface area contributed by atoms with Crippen LogP contribution in [0.1, 0.15) is 16.2 Å². The number of hydrogen-bond acceptors (Lipinski definition) is 6. The smallest absolute Gasteiger partial charge is 0.475 e. The first kappa shape index (κ1) is 21.1. The van der Waals surface area contributed by atoms with Crippen LogP contribution in [0.3, 0.4) is 0 Å². The summed E-state index contributed by atoms with van der Waals surface area (Å²) < 4.78 is 33.4. The third-order valence-corrected chi connectivity index (χ3v) is 3.52. The molecule has 148 valence electrons. The molecule has 4 rings (SSSR count). The molecule has 0 fully saturated rings. The van der Waals surface area contributed by atoms with Gasteiger partial charge < -0.3 is 25.3 Å². The lowest BCUT2D eigenvalue weighted by molar-refractivity contribution is -0.286. The number of ether oxygens (including phenoxy) is 2. The summed E-state index contributed by atoms with van der Waals surface area (Å²) in [6.45, 7) is 0.280. The molecule has 0 saturated carbocycles. The van der Waals surface area contributed by atoms with E-state index in [0.29, 0.717) is 10.9 Å². The van der Waals surface area contributed by atoms with Gasteiger partial charge in [0, 0.05) is 6.54 Å². The largest absolute Gasteiger partial charge is 0.586 e. The second-order valence-corrected chi connectivity index (χ2v) is 5.39. The topological polar surface area (TPSA) is 128 Å². The zero-order chi connectivity index (χ0) is 19.6. The highest BCUT2D eigenvalue weighted by Gasteiger charge is 2.43. The van der Waals surface area contributed by atoms with E-state index in [-0.39, 0.29) is 36.3 Å². The number of carboxylic acid groups (broad SMARTS) is 1. The zero-order valence-electron chi connectivity index (χ0n) is 14.0. The Hall–Kier alpha value is -3.24. The van der Waals surface area contributed by atoms with Crippen molar-refractivity contribution < 1.29 is 28.2 Å². The molecular formula is C17H14ClF2N3O5. The molecular weight excluding hydrogens is 400 g/mol. The number of halogens is 3. The van der Waals surface area contributed by atoms with Crippen molar-refractivity contribution in [3.63, 3.8) is 0 Å². The van der Waals surface area contributed by atoms with Crippen LogP contribution in [0.2, 0.25) is 0 Å². The minimum atomic E-state index is -3.55. The van der Waals surface area contributed by atoms with Crippen LogP contribution in [0.4, 0.5) is 8.78 Å². The molecule has 3 aromatic rings. The normalized spacial score (nSPS) is 13.2. The Morgan fingerprint density at radius 2 is 1.86 bits per heavy atom. The number of aromatic nitrogens is 2. The number of nitrogens with one attached hydrogen (secondary N) is 1. The first-order valence-electron chi connectivity index (χ1n) is 7.60. The van der Waals surface area contributed by atoms with Crippen LogP contribution in [0, 0.1) is 0 Å². The molecule has 0 spiro atoms. The zero-order valence-corrected chi connectivity index (χ0v) is 14.8. The molecule has 11 heteroatoms. The second-order valence-electron chi connectivity index (χ2n) is 5.39. The van der Waals surface area contributed by atoms with Gasteiger partial charge in [0.05, 0.1) is 10.9 Å². The molecule has 2 heterocycles. The number of carbonyl (C=O) groups is 1. The van der Waals surface area contributed by atoms with Crippen molar-refractivity contribution in [3.8, 4) is 11.5 Å². The molecule has 0 saturated heterocycles. The number of H-pyrrole nitrogens is 1. The van der Waals surface area contributed by atoms with E-state index in [1.54, 1.807) is 30.3 Å². The standard InChI is InChI=1S/C9H6N2O3.C8H7F2NO2.ClH/c12-8-5-3-1-2-4-6(5)10-7(11-8)9(13)14;9-8(10)12-6-2-1-5(4-11)3-7(6)13-8;/h1-4H,(H,13,14)(H,10,11,12);1-3H,4,11H2;1H. The fourth-order valence-corrected chi connectivity index (χ4v) is 2.31. The van der Waals surface area contributed by atoms with Crippen LogP contribution in [0.15, 0.2) is 47.3 Å². The third-order valence-electron chi connectivity index (χ3n) is 3.52. The molecule has 8 nitrogen and oxygen atoms in total. The first-order valence-corrected chi connectivity index (χ1v) is 7.60. The molecule has 1 aliphatic rings. The number of benzene rings is 2. The van der Waals surface area contributed by atoms with Crippen molar-refractivity contribution in [2.75, 3.05) is 0 Å². The Balaban J connectivity index is 0.000000194. The number of nitrogens with zero attached hydrogens (tertiary/aromatic N) is 1. The Morgan fingerprint density at radius 3 is 2.54 bits per heavy atom. The molecule has 0 unspecified atom stereocenters. The van der Waals surface area contributed by atoms with Crippen molar-refractivity contribution in [2.24, 2.45) is 5.73 Å². The minimum absolute atomic E-state index is 0. The molecule has 0 aliphatic carbocycles. The highest BCUT2D eigenvalue weighted by molar-refractivity contribution is 5.87. The van der Waals surface area contributed by atoms with Crippen LogP contribution >= 0.6 is 12.4 Å². The van der Waals surface area contributed by atoms with E-state index in [0.717, 1.165) is 5.56 Å². The maximum atomic E-state index is 12.5. The first-order chi connectivity index (χ1) is 12.8. The highest BCUT2D eigenvalue weighted by atomic mass is 35.5. The van der Waals surface area contributed by atoms with Gasteiger partial charge in [-0.25, -0.2) is 9.78 Å². The minimum Gasteiger partial charge on any atom is -0.475 e. The molecule has 2 aromatic carbocycles. The van der Waals surface area contributed by atoms with Gasteiger partial charge in [0.15, 0.2) is 11.5 Å². The summed E-state index contributed by atoms with van der Waals surface area (Å²) in [6.07, 6.45) is -3.55. The van der Waals surface area contributed by atoms with Crippen molar-refractivity contribution >= 4 is 29.3 Å². The van der Waals surface area contributed by atoms with Crippen molar-refractivity contribution in [1.82, 2.24) is 9.97 Å². The van der Waals surface area contributed by atoms with Gasteiger partial charge in [0.1, 0.15) is 0 Å². The SMILES string of the molecule is Cl.NCc1ccc2c(c1)OC(F)(F)O2.O=C(O)c1nc2ccccc2c(=O)[nH]1. The van der Waals surface area contributed by atoms with Gasteiger partial charge in [0.2, 0.25) is 5.82 Å². The monoisotopic (exact) mass is 413 g/mol. The van der Waals surface area contributed by atoms with Crippen molar-refractivity contribution in [2.45, 2.75) is 12.8 Å². The number of nitrogens with two attached hydrogens (primary N) is 1. The van der Waals surface area contributed by atoms with Gasteiger partial charge in [-0.2, -0.15) is 0 Å². The highest BCUT2D eigenvalue weighted by Crippen LogP contribution is 2.41. The third kappa shape index (κ3) is 4.53. The number of aromatic amines is 1. The molecule has 0 atom stereocenters. The number of hydrogen-bond donors (Lipinski definition) is 3. The number of fused-ring (bicyclic) bond motifs is 2. The van der Waals surface area contributed by atoms with E-state index in [2.05, 4.69) is 19.4 Å². The number of aromatic carboxylic acids is 1. The van der Waals surface area contributed by atoms with Gasteiger partial charge in [-0.1, -0.05) is 18.2 Å². The summed E-state index contributed by atoms with van der Waals surface area (Å²) in [4.78, 5) is 27.9. The second kappa shape index (κ2) is 8.19. The molecule has 0 bridgehead atoms. The Bertz CT molecular complexity index is 1070. The van der Waals surface area contributed by atoms with E-state index in [1.807, 2.05) is 0 Å². The van der Waals surface area contributed by atoms with Crippen LogP contribution in [-0.4, -0.2) is 27.3 Å². The average molecular weight is 414 g/mol. The predicted octanol–water partition coefficient (Wildman–Crippen LogP) is 2.51. The molecule has 0 radical (unpaired) electrons. The fraction of sp³-hybridized carbons (Fsp3) is 0.118. The van der Waals surface area contributed by atoms with Crippen molar-refractivity contribution in [3.05, 3.63) is 64.2 Å². The summed E-state index contributed by atoms with van der Waals surface area (Å²) in [5.41, 5.74) is 6.00. The number of rotatable bonds is 2. The van der Waals surface area contributed by atoms with Crippen molar-refractivity contribution in [1.29, 1.82) is 0 Å². The lowest BCUT2D eigenvalue weighted by atomic mass is 10.2. The van der Waals surface area contributed by atoms with Crippen LogP contribution < -0.4 is 20.8 Å². The lowest BCUT2D eigenvalue weighted by Gasteiger charge is -2.04. The Kier molecular flexibility index (Phi) is 6.16. The van der Waals surface area contributed by atoms with E-state index in [4.69, 9.17) is 10.8 Å². The molecule has 28 heavy (non-hydrogen) atoms. The maximum absolute atomic E-state index is 12.5. The van der Waals surface area contributed by atoms with Gasteiger partial charge in [-0.3, -0.25) is 4.79 Å². The maximum Gasteiger partial charge on any atom is 0.586 e. The van der Waals surface area contributed by atoms with Crippen LogP contribution in [-0.2, 0) is 6.54 Å². The molecule has 1 aromatic heterocycles. The predicted molar refractivity (Wildman–Crippen MR) is 97.1 cm³/mol. The lowest BCUT2D eigenvalue weighted by Crippen LogP contribution is -2.25. The Morgan fingerprint density at radius 1 is 1.18 bits per heavy atom. The Labute approximate surface area is 162 Å². The van der Waals surface area contributed by atoms with Crippen LogP contribution in [0.25, 0.3) is 10.9 Å². The summed E-state index contributed by atoms with van der Waals surface area (Å²) in [6, 6.07) is 11.0. The summed E-state index contributed by atoms with van der Waals surface area (Å²) >= 11 is 0. The number of alkyl halides is 2. The van der Waals surface area contributed by atoms with E-state index < -0.39 is 17.8 Å². The summed E-state index contributed by atoms with van der Waals surface area (Å²) in [5, 5.41) is 9.02. The quantitative estimate of drug-likeness (QED) is 0.589. The molecule has 4 N–H and O–H groups in total. The number of carboxylic acids is 1.